The minimum Gasteiger partial charge on any atom is -0.373 e. The summed E-state index contributed by atoms with van der Waals surface area (Å²) in [6.45, 7) is 7.01. The lowest BCUT2D eigenvalue weighted by Gasteiger charge is -2.33. The third-order valence-electron chi connectivity index (χ3n) is 6.94. The molecular formula is C24H30N8O. The van der Waals surface area contributed by atoms with E-state index in [-0.39, 0.29) is 0 Å². The number of anilines is 1. The molecule has 172 valence electrons. The minimum absolute atomic E-state index is 0.336. The Morgan fingerprint density at radius 1 is 1.09 bits per heavy atom. The lowest BCUT2D eigenvalue weighted by atomic mass is 10.1. The normalized spacial score (nSPS) is 20.4. The van der Waals surface area contributed by atoms with E-state index < -0.39 is 0 Å². The van der Waals surface area contributed by atoms with Crippen LogP contribution in [0.5, 0.6) is 0 Å². The zero-order chi connectivity index (χ0) is 22.2. The molecule has 9 nitrogen and oxygen atoms in total. The van der Waals surface area contributed by atoms with Gasteiger partial charge in [-0.25, -0.2) is 15.0 Å². The number of imidazole rings is 1. The summed E-state index contributed by atoms with van der Waals surface area (Å²) in [6, 6.07) is 3.96. The number of likely N-dealkylation sites (tertiary alicyclic amines) is 1. The fourth-order valence-corrected chi connectivity index (χ4v) is 5.10. The number of piperidine rings is 1. The number of ether oxygens (including phenoxy) is 1. The average molecular weight is 447 g/mol. The molecule has 1 atom stereocenters. The van der Waals surface area contributed by atoms with Crippen molar-refractivity contribution in [1.82, 2.24) is 34.8 Å². The second-order valence-corrected chi connectivity index (χ2v) is 9.21. The number of H-pyrrole nitrogens is 2. The number of hydrogen-bond acceptors (Lipinski definition) is 7. The quantitative estimate of drug-likeness (QED) is 0.470. The van der Waals surface area contributed by atoms with Gasteiger partial charge in [0.1, 0.15) is 11.5 Å². The molecule has 0 aromatic carbocycles. The molecule has 0 saturated carbocycles. The summed E-state index contributed by atoms with van der Waals surface area (Å²) in [4.78, 5) is 29.3. The van der Waals surface area contributed by atoms with Crippen LogP contribution in [0.2, 0.25) is 0 Å². The summed E-state index contributed by atoms with van der Waals surface area (Å²) < 4.78 is 6.51. The highest BCUT2D eigenvalue weighted by Gasteiger charge is 2.28. The first-order chi connectivity index (χ1) is 16.2. The SMILES string of the molecule is Cc1ncc2c(CCN3CC[C@@H](OC4CCN(c5nc6ncccc6[nH]5)CC4)C3)c[nH]c2n1. The first kappa shape index (κ1) is 20.6. The molecular weight excluding hydrogens is 416 g/mol. The van der Waals surface area contributed by atoms with Crippen molar-refractivity contribution in [3.8, 4) is 0 Å². The lowest BCUT2D eigenvalue weighted by molar-refractivity contribution is -0.0178. The maximum atomic E-state index is 6.51. The molecule has 33 heavy (non-hydrogen) atoms. The Morgan fingerprint density at radius 2 is 1.97 bits per heavy atom. The molecule has 2 fully saturated rings. The maximum Gasteiger partial charge on any atom is 0.205 e. The van der Waals surface area contributed by atoms with Crippen LogP contribution in [0.25, 0.3) is 22.2 Å². The number of rotatable bonds is 6. The van der Waals surface area contributed by atoms with Crippen LogP contribution in [0.4, 0.5) is 5.95 Å². The molecule has 0 radical (unpaired) electrons. The van der Waals surface area contributed by atoms with E-state index in [0.29, 0.717) is 12.2 Å². The maximum absolute atomic E-state index is 6.51. The number of pyridine rings is 1. The molecule has 0 aliphatic carbocycles. The Bertz CT molecular complexity index is 1210. The van der Waals surface area contributed by atoms with E-state index in [1.54, 1.807) is 6.20 Å². The van der Waals surface area contributed by atoms with E-state index in [4.69, 9.17) is 4.74 Å². The van der Waals surface area contributed by atoms with Gasteiger partial charge in [-0.05, 0) is 50.3 Å². The van der Waals surface area contributed by atoms with Crippen LogP contribution < -0.4 is 4.90 Å². The van der Waals surface area contributed by atoms with Gasteiger partial charge in [-0.1, -0.05) is 0 Å². The van der Waals surface area contributed by atoms with Crippen LogP contribution in [0.15, 0.2) is 30.7 Å². The summed E-state index contributed by atoms with van der Waals surface area (Å²) in [5, 5.41) is 1.14. The van der Waals surface area contributed by atoms with E-state index in [1.807, 2.05) is 25.3 Å². The van der Waals surface area contributed by atoms with Crippen molar-refractivity contribution in [1.29, 1.82) is 0 Å². The fraction of sp³-hybridized carbons (Fsp3) is 0.500. The van der Waals surface area contributed by atoms with Gasteiger partial charge in [-0.3, -0.25) is 0 Å². The third-order valence-corrected chi connectivity index (χ3v) is 6.94. The van der Waals surface area contributed by atoms with Gasteiger partial charge in [0.25, 0.3) is 0 Å². The summed E-state index contributed by atoms with van der Waals surface area (Å²) in [6.07, 6.45) is 10.7. The van der Waals surface area contributed by atoms with Gasteiger partial charge in [0.05, 0.1) is 17.7 Å². The molecule has 0 spiro atoms. The highest BCUT2D eigenvalue weighted by molar-refractivity contribution is 5.78. The number of aromatic amines is 2. The molecule has 2 saturated heterocycles. The van der Waals surface area contributed by atoms with Gasteiger partial charge in [0.15, 0.2) is 5.65 Å². The summed E-state index contributed by atoms with van der Waals surface area (Å²) >= 11 is 0. The monoisotopic (exact) mass is 446 g/mol. The summed E-state index contributed by atoms with van der Waals surface area (Å²) in [5.41, 5.74) is 4.01. The second-order valence-electron chi connectivity index (χ2n) is 9.21. The fourth-order valence-electron chi connectivity index (χ4n) is 5.10. The second kappa shape index (κ2) is 8.72. The molecule has 4 aromatic heterocycles. The molecule has 6 heterocycles. The van der Waals surface area contributed by atoms with Gasteiger partial charge in [0.2, 0.25) is 5.95 Å². The predicted octanol–water partition coefficient (Wildman–Crippen LogP) is 2.84. The zero-order valence-corrected chi connectivity index (χ0v) is 19.0. The van der Waals surface area contributed by atoms with Gasteiger partial charge < -0.3 is 24.5 Å². The van der Waals surface area contributed by atoms with E-state index in [2.05, 4.69) is 45.9 Å². The molecule has 2 N–H and O–H groups in total. The Kier molecular flexibility index (Phi) is 5.43. The van der Waals surface area contributed by atoms with E-state index >= 15 is 0 Å². The van der Waals surface area contributed by atoms with Gasteiger partial charge in [-0.15, -0.1) is 0 Å². The molecule has 0 bridgehead atoms. The first-order valence-corrected chi connectivity index (χ1v) is 11.9. The largest absolute Gasteiger partial charge is 0.373 e. The van der Waals surface area contributed by atoms with Gasteiger partial charge in [-0.2, -0.15) is 4.98 Å². The number of fused-ring (bicyclic) bond motifs is 2. The topological polar surface area (TPSA) is 98.9 Å². The molecule has 9 heteroatoms. The number of aromatic nitrogens is 6. The van der Waals surface area contributed by atoms with E-state index in [1.165, 1.54) is 5.56 Å². The smallest absolute Gasteiger partial charge is 0.205 e. The van der Waals surface area contributed by atoms with Crippen LogP contribution >= 0.6 is 0 Å². The minimum atomic E-state index is 0.336. The lowest BCUT2D eigenvalue weighted by Crippen LogP contribution is -2.39. The number of nitrogens with zero attached hydrogens (tertiary/aromatic N) is 6. The van der Waals surface area contributed by atoms with Gasteiger partial charge in [0, 0.05) is 56.7 Å². The highest BCUT2D eigenvalue weighted by atomic mass is 16.5. The Balaban J connectivity index is 0.975. The first-order valence-electron chi connectivity index (χ1n) is 11.9. The molecule has 0 amide bonds. The Labute approximate surface area is 192 Å². The standard InChI is InChI=1S/C24H30N8O/c1-16-26-14-20-17(13-27-22(20)28-16)4-9-31-10-5-19(15-31)33-18-6-11-32(12-7-18)24-29-21-3-2-8-25-23(21)30-24/h2-3,8,13-14,18-19H,4-7,9-12,15H2,1H3,(H,25,29,30)(H,26,27,28)/t19-/m1/s1. The Morgan fingerprint density at radius 3 is 2.85 bits per heavy atom. The predicted molar refractivity (Wildman–Crippen MR) is 127 cm³/mol. The molecule has 6 rings (SSSR count). The van der Waals surface area contributed by atoms with E-state index in [9.17, 15) is 0 Å². The zero-order valence-electron chi connectivity index (χ0n) is 19.0. The van der Waals surface area contributed by atoms with Crippen molar-refractivity contribution in [2.75, 3.05) is 37.6 Å². The van der Waals surface area contributed by atoms with Crippen molar-refractivity contribution in [3.63, 3.8) is 0 Å². The third kappa shape index (κ3) is 4.30. The van der Waals surface area contributed by atoms with Crippen molar-refractivity contribution in [3.05, 3.63) is 42.1 Å². The van der Waals surface area contributed by atoms with Crippen LogP contribution in [0, 0.1) is 6.92 Å². The van der Waals surface area contributed by atoms with E-state index in [0.717, 1.165) is 92.4 Å². The van der Waals surface area contributed by atoms with Crippen LogP contribution in [0.1, 0.15) is 30.7 Å². The molecule has 0 unspecified atom stereocenters. The number of nitrogens with one attached hydrogen (secondary N) is 2. The highest BCUT2D eigenvalue weighted by Crippen LogP contribution is 2.24. The Hall–Kier alpha value is -3.04. The van der Waals surface area contributed by atoms with Crippen molar-refractivity contribution in [2.24, 2.45) is 0 Å². The summed E-state index contributed by atoms with van der Waals surface area (Å²) in [5.74, 6) is 1.72. The van der Waals surface area contributed by atoms with Gasteiger partial charge >= 0.3 is 0 Å². The van der Waals surface area contributed by atoms with Crippen LogP contribution in [-0.2, 0) is 11.2 Å². The van der Waals surface area contributed by atoms with Crippen molar-refractivity contribution < 1.29 is 4.74 Å². The number of hydrogen-bond donors (Lipinski definition) is 2. The van der Waals surface area contributed by atoms with Crippen LogP contribution in [-0.4, -0.2) is 79.7 Å². The van der Waals surface area contributed by atoms with Crippen molar-refractivity contribution in [2.45, 2.75) is 44.8 Å². The average Bonchev–Trinajstić information content (AvgIpc) is 3.56. The number of aryl methyl sites for hydroxylation is 1. The summed E-state index contributed by atoms with van der Waals surface area (Å²) in [7, 11) is 0. The molecule has 2 aliphatic rings. The van der Waals surface area contributed by atoms with Crippen molar-refractivity contribution >= 4 is 28.1 Å². The van der Waals surface area contributed by atoms with Crippen LogP contribution in [0.3, 0.4) is 0 Å². The molecule has 4 aromatic rings. The molecule has 2 aliphatic heterocycles.